The molecule has 5 nitrogen and oxygen atoms in total. The molecular formula is C12H20N2O3. The summed E-state index contributed by atoms with van der Waals surface area (Å²) in [6.07, 6.45) is 2.34. The average Bonchev–Trinajstić information content (AvgIpc) is 2.74. The Balaban J connectivity index is 2.81. The zero-order chi connectivity index (χ0) is 12.8. The average molecular weight is 240 g/mol. The van der Waals surface area contributed by atoms with E-state index in [4.69, 9.17) is 9.15 Å². The second kappa shape index (κ2) is 6.27. The van der Waals surface area contributed by atoms with Gasteiger partial charge in [-0.2, -0.15) is 4.98 Å². The van der Waals surface area contributed by atoms with Crippen molar-refractivity contribution in [3.8, 4) is 0 Å². The van der Waals surface area contributed by atoms with Gasteiger partial charge in [0.05, 0.1) is 6.61 Å². The Morgan fingerprint density at radius 3 is 2.76 bits per heavy atom. The van der Waals surface area contributed by atoms with E-state index in [2.05, 4.69) is 25.8 Å². The Morgan fingerprint density at radius 1 is 1.53 bits per heavy atom. The number of nitrogens with zero attached hydrogens (tertiary/aromatic N) is 2. The number of oxazole rings is 1. The minimum Gasteiger partial charge on any atom is -0.461 e. The van der Waals surface area contributed by atoms with Crippen LogP contribution in [-0.4, -0.2) is 30.1 Å². The van der Waals surface area contributed by atoms with Crippen LogP contribution in [0.3, 0.4) is 0 Å². The molecule has 0 N–H and O–H groups in total. The number of aromatic nitrogens is 1. The van der Waals surface area contributed by atoms with E-state index in [0.717, 1.165) is 13.0 Å². The third-order valence-corrected chi connectivity index (χ3v) is 2.31. The van der Waals surface area contributed by atoms with Gasteiger partial charge >= 0.3 is 5.97 Å². The lowest BCUT2D eigenvalue weighted by Crippen LogP contribution is -2.31. The van der Waals surface area contributed by atoms with E-state index < -0.39 is 5.97 Å². The van der Waals surface area contributed by atoms with E-state index in [9.17, 15) is 4.79 Å². The highest BCUT2D eigenvalue weighted by molar-refractivity contribution is 5.87. The highest BCUT2D eigenvalue weighted by Crippen LogP contribution is 2.17. The van der Waals surface area contributed by atoms with Crippen LogP contribution in [0.1, 0.15) is 44.6 Å². The van der Waals surface area contributed by atoms with Crippen LogP contribution in [0.4, 0.5) is 6.01 Å². The highest BCUT2D eigenvalue weighted by Gasteiger charge is 2.19. The molecule has 0 amide bonds. The maximum Gasteiger partial charge on any atom is 0.360 e. The van der Waals surface area contributed by atoms with Gasteiger partial charge in [-0.05, 0) is 27.2 Å². The van der Waals surface area contributed by atoms with Gasteiger partial charge in [-0.25, -0.2) is 4.79 Å². The summed E-state index contributed by atoms with van der Waals surface area (Å²) in [7, 11) is 0. The molecular weight excluding hydrogens is 220 g/mol. The van der Waals surface area contributed by atoms with Crippen LogP contribution in [0.2, 0.25) is 0 Å². The highest BCUT2D eigenvalue weighted by atomic mass is 16.5. The summed E-state index contributed by atoms with van der Waals surface area (Å²) in [4.78, 5) is 17.6. The number of hydrogen-bond donors (Lipinski definition) is 0. The number of rotatable bonds is 6. The van der Waals surface area contributed by atoms with E-state index in [1.807, 2.05) is 4.90 Å². The van der Waals surface area contributed by atoms with Gasteiger partial charge in [-0.3, -0.25) is 0 Å². The molecule has 0 unspecified atom stereocenters. The first-order valence-electron chi connectivity index (χ1n) is 5.99. The van der Waals surface area contributed by atoms with Crippen LogP contribution in [0, 0.1) is 0 Å². The minimum atomic E-state index is -0.442. The monoisotopic (exact) mass is 240 g/mol. The van der Waals surface area contributed by atoms with Crippen LogP contribution in [-0.2, 0) is 4.74 Å². The second-order valence-corrected chi connectivity index (χ2v) is 4.02. The fraction of sp³-hybridized carbons (Fsp3) is 0.667. The summed E-state index contributed by atoms with van der Waals surface area (Å²) < 4.78 is 10.2. The first-order chi connectivity index (χ1) is 8.10. The normalized spacial score (nSPS) is 10.6. The molecule has 0 aliphatic heterocycles. The molecule has 0 saturated carbocycles. The van der Waals surface area contributed by atoms with Crippen LogP contribution >= 0.6 is 0 Å². The number of esters is 1. The van der Waals surface area contributed by atoms with Crippen molar-refractivity contribution < 1.29 is 13.9 Å². The zero-order valence-corrected chi connectivity index (χ0v) is 10.9. The van der Waals surface area contributed by atoms with Gasteiger partial charge in [0.15, 0.2) is 5.69 Å². The summed E-state index contributed by atoms with van der Waals surface area (Å²) in [6.45, 7) is 9.15. The fourth-order valence-electron chi connectivity index (χ4n) is 1.51. The summed E-state index contributed by atoms with van der Waals surface area (Å²) in [6, 6.07) is 0.758. The number of ether oxygens (including phenoxy) is 1. The van der Waals surface area contributed by atoms with Gasteiger partial charge in [0.25, 0.3) is 6.01 Å². The lowest BCUT2D eigenvalue weighted by Gasteiger charge is -2.23. The van der Waals surface area contributed by atoms with E-state index in [0.29, 0.717) is 12.6 Å². The summed E-state index contributed by atoms with van der Waals surface area (Å²) in [5.41, 5.74) is 0.226. The zero-order valence-electron chi connectivity index (χ0n) is 10.9. The SMILES string of the molecule is CCCN(c1nc(C(=O)OCC)co1)C(C)C. The molecule has 1 aromatic rings. The molecule has 0 radical (unpaired) electrons. The minimum absolute atomic E-state index is 0.226. The van der Waals surface area contributed by atoms with Gasteiger partial charge < -0.3 is 14.1 Å². The molecule has 0 saturated heterocycles. The van der Waals surface area contributed by atoms with Crippen molar-refractivity contribution in [3.63, 3.8) is 0 Å². The molecule has 1 aromatic heterocycles. The van der Waals surface area contributed by atoms with E-state index in [-0.39, 0.29) is 11.7 Å². The predicted molar refractivity (Wildman–Crippen MR) is 65.2 cm³/mol. The molecule has 0 aromatic carbocycles. The van der Waals surface area contributed by atoms with Crippen molar-refractivity contribution in [2.45, 2.75) is 40.2 Å². The largest absolute Gasteiger partial charge is 0.461 e. The lowest BCUT2D eigenvalue weighted by molar-refractivity contribution is 0.0519. The first-order valence-corrected chi connectivity index (χ1v) is 5.99. The van der Waals surface area contributed by atoms with Crippen LogP contribution in [0.5, 0.6) is 0 Å². The standard InChI is InChI=1S/C12H20N2O3/c1-5-7-14(9(3)4)12-13-10(8-17-12)11(15)16-6-2/h8-9H,5-7H2,1-4H3. The topological polar surface area (TPSA) is 55.6 Å². The molecule has 17 heavy (non-hydrogen) atoms. The molecule has 1 heterocycles. The first kappa shape index (κ1) is 13.5. The van der Waals surface area contributed by atoms with Crippen molar-refractivity contribution in [1.82, 2.24) is 4.98 Å². The molecule has 1 rings (SSSR count). The number of carbonyl (C=O) groups excluding carboxylic acids is 1. The van der Waals surface area contributed by atoms with Crippen LogP contribution < -0.4 is 4.90 Å². The quantitative estimate of drug-likeness (QED) is 0.715. The molecule has 0 aliphatic carbocycles. The van der Waals surface area contributed by atoms with E-state index in [1.165, 1.54) is 6.26 Å². The Labute approximate surface area is 102 Å². The number of hydrogen-bond acceptors (Lipinski definition) is 5. The maximum absolute atomic E-state index is 11.4. The van der Waals surface area contributed by atoms with Gasteiger partial charge in [0.1, 0.15) is 6.26 Å². The number of carbonyl (C=O) groups is 1. The van der Waals surface area contributed by atoms with Crippen molar-refractivity contribution in [2.24, 2.45) is 0 Å². The summed E-state index contributed by atoms with van der Waals surface area (Å²) in [5, 5.41) is 0. The Kier molecular flexibility index (Phi) is 5.00. The smallest absolute Gasteiger partial charge is 0.360 e. The second-order valence-electron chi connectivity index (χ2n) is 4.02. The molecule has 5 heteroatoms. The third kappa shape index (κ3) is 3.47. The van der Waals surface area contributed by atoms with Gasteiger partial charge in [0, 0.05) is 12.6 Å². The number of anilines is 1. The molecule has 0 atom stereocenters. The molecule has 96 valence electrons. The lowest BCUT2D eigenvalue weighted by atomic mass is 10.3. The Morgan fingerprint density at radius 2 is 2.24 bits per heavy atom. The molecule has 0 bridgehead atoms. The predicted octanol–water partition coefficient (Wildman–Crippen LogP) is 2.48. The van der Waals surface area contributed by atoms with E-state index >= 15 is 0 Å². The molecule has 0 spiro atoms. The molecule has 0 aliphatic rings. The van der Waals surface area contributed by atoms with Gasteiger partial charge in [0.2, 0.25) is 0 Å². The summed E-state index contributed by atoms with van der Waals surface area (Å²) >= 11 is 0. The van der Waals surface area contributed by atoms with Crippen molar-refractivity contribution in [1.29, 1.82) is 0 Å². The van der Waals surface area contributed by atoms with Gasteiger partial charge in [-0.1, -0.05) is 6.92 Å². The van der Waals surface area contributed by atoms with Crippen molar-refractivity contribution in [3.05, 3.63) is 12.0 Å². The van der Waals surface area contributed by atoms with Gasteiger partial charge in [-0.15, -0.1) is 0 Å². The Hall–Kier alpha value is -1.52. The third-order valence-electron chi connectivity index (χ3n) is 2.31. The van der Waals surface area contributed by atoms with E-state index in [1.54, 1.807) is 6.92 Å². The molecule has 0 fully saturated rings. The fourth-order valence-corrected chi connectivity index (χ4v) is 1.51. The van der Waals surface area contributed by atoms with Crippen LogP contribution in [0.15, 0.2) is 10.7 Å². The summed E-state index contributed by atoms with van der Waals surface area (Å²) in [5.74, 6) is -0.442. The Bertz CT molecular complexity index is 360. The van der Waals surface area contributed by atoms with Crippen molar-refractivity contribution >= 4 is 12.0 Å². The van der Waals surface area contributed by atoms with Crippen LogP contribution in [0.25, 0.3) is 0 Å². The maximum atomic E-state index is 11.4. The van der Waals surface area contributed by atoms with Crippen molar-refractivity contribution in [2.75, 3.05) is 18.1 Å².